The van der Waals surface area contributed by atoms with E-state index in [9.17, 15) is 4.39 Å². The van der Waals surface area contributed by atoms with Crippen LogP contribution in [-0.4, -0.2) is 0 Å². The largest absolute Gasteiger partial charge is 0.212 e. The lowest BCUT2D eigenvalue weighted by molar-refractivity contribution is 0.319. The molecule has 1 aromatic rings. The van der Waals surface area contributed by atoms with Gasteiger partial charge >= 0.3 is 0 Å². The molecule has 1 aromatic carbocycles. The van der Waals surface area contributed by atoms with Crippen molar-refractivity contribution in [3.05, 3.63) is 65.3 Å². The van der Waals surface area contributed by atoms with E-state index in [4.69, 9.17) is 0 Å². The predicted octanol–water partition coefficient (Wildman–Crippen LogP) is 7.02. The van der Waals surface area contributed by atoms with Gasteiger partial charge in [0.2, 0.25) is 0 Å². The van der Waals surface area contributed by atoms with Crippen molar-refractivity contribution in [2.24, 2.45) is 5.92 Å². The number of hydrogen-bond donors (Lipinski definition) is 0. The first-order valence-corrected chi connectivity index (χ1v) is 9.33. The van der Waals surface area contributed by atoms with Gasteiger partial charge in [0.1, 0.15) is 0 Å². The van der Waals surface area contributed by atoms with Gasteiger partial charge in [0, 0.05) is 0 Å². The fourth-order valence-electron chi connectivity index (χ4n) is 3.45. The number of benzene rings is 1. The molecule has 0 aliphatic heterocycles. The van der Waals surface area contributed by atoms with Crippen LogP contribution in [0.25, 0.3) is 5.57 Å². The Labute approximate surface area is 142 Å². The van der Waals surface area contributed by atoms with Crippen molar-refractivity contribution >= 4 is 14.8 Å². The number of rotatable bonds is 5. The van der Waals surface area contributed by atoms with E-state index >= 15 is 0 Å². The minimum atomic E-state index is -0.171. The van der Waals surface area contributed by atoms with Crippen molar-refractivity contribution in [1.82, 2.24) is 0 Å². The van der Waals surface area contributed by atoms with E-state index in [1.54, 1.807) is 6.08 Å². The van der Waals surface area contributed by atoms with Gasteiger partial charge in [-0.1, -0.05) is 55.6 Å². The molecule has 0 heterocycles. The SMILES string of the molecule is CCC1CCC(c2ccc(C(/C=C(\C)F)=C/C=C/P)cc2)CC1. The highest BCUT2D eigenvalue weighted by Gasteiger charge is 2.21. The Hall–Kier alpha value is -1.20. The molecule has 1 fully saturated rings. The first-order valence-electron chi connectivity index (χ1n) is 8.66. The maximum atomic E-state index is 13.3. The first-order chi connectivity index (χ1) is 11.1. The molecule has 1 saturated carbocycles. The molecule has 0 spiro atoms. The molecule has 0 radical (unpaired) electrons. The van der Waals surface area contributed by atoms with E-state index in [1.165, 1.54) is 44.6 Å². The van der Waals surface area contributed by atoms with Crippen molar-refractivity contribution in [1.29, 1.82) is 0 Å². The van der Waals surface area contributed by atoms with E-state index in [2.05, 4.69) is 40.4 Å². The van der Waals surface area contributed by atoms with E-state index in [1.807, 2.05) is 18.0 Å². The Morgan fingerprint density at radius 2 is 1.83 bits per heavy atom. The molecule has 1 atom stereocenters. The van der Waals surface area contributed by atoms with Crippen molar-refractivity contribution < 1.29 is 4.39 Å². The average molecular weight is 330 g/mol. The summed E-state index contributed by atoms with van der Waals surface area (Å²) in [5.41, 5.74) is 3.41. The molecule has 1 aliphatic rings. The van der Waals surface area contributed by atoms with Crippen molar-refractivity contribution in [2.75, 3.05) is 0 Å². The summed E-state index contributed by atoms with van der Waals surface area (Å²) in [6, 6.07) is 8.71. The smallest absolute Gasteiger partial charge is 0.0974 e. The summed E-state index contributed by atoms with van der Waals surface area (Å²) >= 11 is 0. The molecule has 1 aliphatic carbocycles. The van der Waals surface area contributed by atoms with Crippen LogP contribution in [0.2, 0.25) is 0 Å². The molecule has 0 N–H and O–H groups in total. The molecule has 0 saturated heterocycles. The normalized spacial score (nSPS) is 23.5. The third-order valence-electron chi connectivity index (χ3n) is 4.88. The zero-order valence-corrected chi connectivity index (χ0v) is 15.4. The highest BCUT2D eigenvalue weighted by atomic mass is 31.0. The third kappa shape index (κ3) is 5.43. The van der Waals surface area contributed by atoms with Gasteiger partial charge in [0.25, 0.3) is 0 Å². The number of halogens is 1. The second-order valence-electron chi connectivity index (χ2n) is 6.49. The van der Waals surface area contributed by atoms with E-state index in [0.29, 0.717) is 5.92 Å². The van der Waals surface area contributed by atoms with Crippen molar-refractivity contribution in [2.45, 2.75) is 51.9 Å². The topological polar surface area (TPSA) is 0 Å². The fraction of sp³-hybridized carbons (Fsp3) is 0.429. The monoisotopic (exact) mass is 330 g/mol. The first kappa shape index (κ1) is 18.1. The Bertz CT molecular complexity index is 568. The second-order valence-corrected chi connectivity index (χ2v) is 6.87. The Kier molecular flexibility index (Phi) is 7.24. The van der Waals surface area contributed by atoms with Crippen LogP contribution in [0.15, 0.2) is 54.1 Å². The van der Waals surface area contributed by atoms with E-state index < -0.39 is 0 Å². The molecule has 0 nitrogen and oxygen atoms in total. The third-order valence-corrected chi connectivity index (χ3v) is 5.10. The van der Waals surface area contributed by atoms with Crippen LogP contribution in [0, 0.1) is 5.92 Å². The second kappa shape index (κ2) is 9.18. The summed E-state index contributed by atoms with van der Waals surface area (Å²) in [5, 5.41) is 0. The minimum Gasteiger partial charge on any atom is -0.212 e. The molecule has 2 rings (SSSR count). The Morgan fingerprint density at radius 3 is 2.35 bits per heavy atom. The van der Waals surface area contributed by atoms with Crippen LogP contribution in [0.3, 0.4) is 0 Å². The van der Waals surface area contributed by atoms with Gasteiger partial charge in [-0.2, -0.15) is 0 Å². The zero-order chi connectivity index (χ0) is 16.7. The summed E-state index contributed by atoms with van der Waals surface area (Å²) in [4.78, 5) is 0. The van der Waals surface area contributed by atoms with Gasteiger partial charge in [-0.25, -0.2) is 4.39 Å². The van der Waals surface area contributed by atoms with Gasteiger partial charge in [0.15, 0.2) is 0 Å². The highest BCUT2D eigenvalue weighted by Crippen LogP contribution is 2.37. The summed E-state index contributed by atoms with van der Waals surface area (Å²) in [6.07, 6.45) is 12.1. The molecular weight excluding hydrogens is 302 g/mol. The lowest BCUT2D eigenvalue weighted by Gasteiger charge is -2.28. The van der Waals surface area contributed by atoms with Crippen LogP contribution in [0.4, 0.5) is 4.39 Å². The summed E-state index contributed by atoms with van der Waals surface area (Å²) in [6.45, 7) is 3.79. The summed E-state index contributed by atoms with van der Waals surface area (Å²) in [7, 11) is 2.54. The summed E-state index contributed by atoms with van der Waals surface area (Å²) < 4.78 is 13.3. The van der Waals surface area contributed by atoms with Gasteiger partial charge < -0.3 is 0 Å². The average Bonchev–Trinajstić information content (AvgIpc) is 2.58. The highest BCUT2D eigenvalue weighted by molar-refractivity contribution is 7.20. The summed E-state index contributed by atoms with van der Waals surface area (Å²) in [5.74, 6) is 3.33. The lowest BCUT2D eigenvalue weighted by Crippen LogP contribution is -2.12. The molecular formula is C21H28FP. The maximum Gasteiger partial charge on any atom is 0.0974 e. The van der Waals surface area contributed by atoms with Crippen LogP contribution < -0.4 is 0 Å². The van der Waals surface area contributed by atoms with Gasteiger partial charge in [0.05, 0.1) is 5.83 Å². The van der Waals surface area contributed by atoms with Gasteiger partial charge in [-0.15, -0.1) is 9.24 Å². The standard InChI is InChI=1S/C21H28FP/c1-3-17-6-8-18(9-7-17)19-10-12-20(13-11-19)21(5-4-14-23)15-16(2)22/h4-5,10-15,17-18H,3,6-9,23H2,1-2H3/b14-4+,16-15+,21-5+. The molecule has 1 unspecified atom stereocenters. The van der Waals surface area contributed by atoms with Crippen molar-refractivity contribution in [3.63, 3.8) is 0 Å². The zero-order valence-electron chi connectivity index (χ0n) is 14.3. The predicted molar refractivity (Wildman–Crippen MR) is 103 cm³/mol. The Morgan fingerprint density at radius 1 is 1.17 bits per heavy atom. The Balaban J connectivity index is 2.13. The lowest BCUT2D eigenvalue weighted by atomic mass is 9.77. The number of allylic oxidation sites excluding steroid dienone is 5. The quantitative estimate of drug-likeness (QED) is 0.402. The van der Waals surface area contributed by atoms with Crippen LogP contribution in [0.5, 0.6) is 0 Å². The molecule has 124 valence electrons. The van der Waals surface area contributed by atoms with Crippen LogP contribution in [0.1, 0.15) is 63.0 Å². The molecule has 2 heteroatoms. The van der Waals surface area contributed by atoms with E-state index in [0.717, 1.165) is 17.1 Å². The number of hydrogen-bond acceptors (Lipinski definition) is 0. The molecule has 0 aromatic heterocycles. The maximum absolute atomic E-state index is 13.3. The molecule has 0 amide bonds. The van der Waals surface area contributed by atoms with Gasteiger partial charge in [-0.3, -0.25) is 0 Å². The molecule has 0 bridgehead atoms. The van der Waals surface area contributed by atoms with Gasteiger partial charge in [-0.05, 0) is 67.2 Å². The van der Waals surface area contributed by atoms with Crippen molar-refractivity contribution in [3.8, 4) is 0 Å². The van der Waals surface area contributed by atoms with Crippen LogP contribution in [-0.2, 0) is 0 Å². The van der Waals surface area contributed by atoms with E-state index in [-0.39, 0.29) is 5.83 Å². The fourth-order valence-corrected chi connectivity index (χ4v) is 3.56. The molecule has 23 heavy (non-hydrogen) atoms. The van der Waals surface area contributed by atoms with Crippen LogP contribution >= 0.6 is 9.24 Å². The minimum absolute atomic E-state index is 0.171.